The van der Waals surface area contributed by atoms with Crippen molar-refractivity contribution in [1.29, 1.82) is 0 Å². The molecule has 1 fully saturated rings. The molecule has 0 saturated carbocycles. The van der Waals surface area contributed by atoms with E-state index < -0.39 is 0 Å². The number of ether oxygens (including phenoxy) is 2. The quantitative estimate of drug-likeness (QED) is 0.657. The molecule has 1 saturated heterocycles. The number of H-pyrrole nitrogens is 1. The van der Waals surface area contributed by atoms with Gasteiger partial charge in [-0.3, -0.25) is 4.79 Å². The Balaban J connectivity index is 1.64. The second-order valence-corrected chi connectivity index (χ2v) is 7.41. The predicted molar refractivity (Wildman–Crippen MR) is 110 cm³/mol. The lowest BCUT2D eigenvalue weighted by Gasteiger charge is -2.25. The van der Waals surface area contributed by atoms with Gasteiger partial charge in [-0.1, -0.05) is 41.9 Å². The van der Waals surface area contributed by atoms with Crippen LogP contribution in [0, 0.1) is 0 Å². The second-order valence-electron chi connectivity index (χ2n) is 7.03. The summed E-state index contributed by atoms with van der Waals surface area (Å²) in [6, 6.07) is 15.4. The van der Waals surface area contributed by atoms with Crippen LogP contribution in [0.4, 0.5) is 0 Å². The molecular formula is C22H23ClN2O3. The molecule has 28 heavy (non-hydrogen) atoms. The first-order chi connectivity index (χ1) is 13.7. The lowest BCUT2D eigenvalue weighted by atomic mass is 10.1. The molecule has 3 aromatic rings. The predicted octanol–water partition coefficient (Wildman–Crippen LogP) is 4.65. The third-order valence-electron chi connectivity index (χ3n) is 5.10. The molecule has 146 valence electrons. The van der Waals surface area contributed by atoms with Crippen molar-refractivity contribution in [2.24, 2.45) is 0 Å². The van der Waals surface area contributed by atoms with Crippen molar-refractivity contribution in [2.45, 2.75) is 25.5 Å². The first kappa shape index (κ1) is 18.8. The molecular weight excluding hydrogens is 376 g/mol. The number of aromatic amines is 1. The van der Waals surface area contributed by atoms with Crippen LogP contribution in [0.3, 0.4) is 0 Å². The average molecular weight is 399 g/mol. The number of methoxy groups -OCH3 is 1. The summed E-state index contributed by atoms with van der Waals surface area (Å²) in [5.74, 6) is 0.644. The Bertz CT molecular complexity index is 979. The number of nitrogens with one attached hydrogen (secondary N) is 1. The highest BCUT2D eigenvalue weighted by Gasteiger charge is 2.26. The van der Waals surface area contributed by atoms with E-state index in [4.69, 9.17) is 21.1 Å². The van der Waals surface area contributed by atoms with Gasteiger partial charge in [0.2, 0.25) is 0 Å². The number of carbonyl (C=O) groups excluding carboxylic acids is 1. The maximum atomic E-state index is 13.4. The lowest BCUT2D eigenvalue weighted by molar-refractivity contribution is 0.0503. The number of rotatable bonds is 6. The molecule has 1 aromatic heterocycles. The Kier molecular flexibility index (Phi) is 5.55. The van der Waals surface area contributed by atoms with Gasteiger partial charge in [0.15, 0.2) is 0 Å². The van der Waals surface area contributed by atoms with E-state index in [0.29, 0.717) is 23.8 Å². The van der Waals surface area contributed by atoms with Crippen LogP contribution in [0.15, 0.2) is 48.5 Å². The van der Waals surface area contributed by atoms with Crippen LogP contribution < -0.4 is 4.74 Å². The zero-order chi connectivity index (χ0) is 19.5. The van der Waals surface area contributed by atoms with Gasteiger partial charge in [-0.2, -0.15) is 0 Å². The molecule has 0 radical (unpaired) electrons. The first-order valence-electron chi connectivity index (χ1n) is 9.45. The molecule has 1 atom stereocenters. The van der Waals surface area contributed by atoms with Crippen LogP contribution in [-0.4, -0.2) is 42.2 Å². The number of carbonyl (C=O) groups is 1. The van der Waals surface area contributed by atoms with E-state index in [1.807, 2.05) is 48.5 Å². The Labute approximate surface area is 169 Å². The molecule has 1 aliphatic heterocycles. The molecule has 5 nitrogen and oxygen atoms in total. The molecule has 1 amide bonds. The van der Waals surface area contributed by atoms with Gasteiger partial charge in [-0.25, -0.2) is 0 Å². The maximum Gasteiger partial charge on any atom is 0.272 e. The van der Waals surface area contributed by atoms with Crippen molar-refractivity contribution in [2.75, 3.05) is 20.3 Å². The fraction of sp³-hybridized carbons (Fsp3) is 0.318. The van der Waals surface area contributed by atoms with Crippen LogP contribution in [0.5, 0.6) is 5.75 Å². The number of fused-ring (bicyclic) bond motifs is 1. The molecule has 4 rings (SSSR count). The molecule has 1 unspecified atom stereocenters. The molecule has 1 N–H and O–H groups in total. The first-order valence-corrected chi connectivity index (χ1v) is 9.83. The molecule has 2 heterocycles. The van der Waals surface area contributed by atoms with Gasteiger partial charge in [-0.05, 0) is 36.6 Å². The van der Waals surface area contributed by atoms with Crippen molar-refractivity contribution < 1.29 is 14.3 Å². The van der Waals surface area contributed by atoms with Crippen molar-refractivity contribution in [1.82, 2.24) is 9.88 Å². The van der Waals surface area contributed by atoms with Crippen LogP contribution in [-0.2, 0) is 11.3 Å². The smallest absolute Gasteiger partial charge is 0.272 e. The van der Waals surface area contributed by atoms with Crippen molar-refractivity contribution in [3.8, 4) is 5.75 Å². The van der Waals surface area contributed by atoms with Crippen LogP contribution in [0.25, 0.3) is 10.9 Å². The van der Waals surface area contributed by atoms with Crippen LogP contribution >= 0.6 is 11.6 Å². The van der Waals surface area contributed by atoms with Crippen LogP contribution in [0.1, 0.15) is 28.9 Å². The molecule has 2 aromatic carbocycles. The van der Waals surface area contributed by atoms with Crippen molar-refractivity contribution in [3.05, 3.63) is 64.8 Å². The molecule has 0 spiro atoms. The number of nitrogens with zero attached hydrogens (tertiary/aromatic N) is 1. The summed E-state index contributed by atoms with van der Waals surface area (Å²) in [7, 11) is 1.64. The number of benzene rings is 2. The van der Waals surface area contributed by atoms with E-state index in [1.165, 1.54) is 0 Å². The highest BCUT2D eigenvalue weighted by molar-refractivity contribution is 6.38. The average Bonchev–Trinajstić information content (AvgIpc) is 3.35. The Hall–Kier alpha value is -2.50. The van der Waals surface area contributed by atoms with Gasteiger partial charge in [0, 0.05) is 30.6 Å². The van der Waals surface area contributed by atoms with E-state index in [1.54, 1.807) is 12.0 Å². The van der Waals surface area contributed by atoms with Gasteiger partial charge >= 0.3 is 0 Å². The SMILES string of the molecule is COc1cccc(CN(CC2CCCO2)C(=O)c2[nH]c3ccccc3c2Cl)c1. The third kappa shape index (κ3) is 3.86. The van der Waals surface area contributed by atoms with E-state index in [2.05, 4.69) is 4.98 Å². The fourth-order valence-electron chi connectivity index (χ4n) is 3.66. The fourth-order valence-corrected chi connectivity index (χ4v) is 3.95. The number of halogens is 1. The van der Waals surface area contributed by atoms with E-state index >= 15 is 0 Å². The molecule has 0 aliphatic carbocycles. The Morgan fingerprint density at radius 3 is 2.89 bits per heavy atom. The topological polar surface area (TPSA) is 54.6 Å². The summed E-state index contributed by atoms with van der Waals surface area (Å²) < 4.78 is 11.1. The lowest BCUT2D eigenvalue weighted by Crippen LogP contribution is -2.37. The van der Waals surface area contributed by atoms with E-state index in [-0.39, 0.29) is 12.0 Å². The largest absolute Gasteiger partial charge is 0.497 e. The maximum absolute atomic E-state index is 13.4. The van der Waals surface area contributed by atoms with Crippen molar-refractivity contribution >= 4 is 28.4 Å². The zero-order valence-corrected chi connectivity index (χ0v) is 16.5. The monoisotopic (exact) mass is 398 g/mol. The minimum atomic E-state index is -0.125. The summed E-state index contributed by atoms with van der Waals surface area (Å²) in [6.45, 7) is 1.74. The Morgan fingerprint density at radius 2 is 2.14 bits per heavy atom. The molecule has 0 bridgehead atoms. The minimum absolute atomic E-state index is 0.0534. The van der Waals surface area contributed by atoms with Gasteiger partial charge in [0.1, 0.15) is 11.4 Å². The van der Waals surface area contributed by atoms with Gasteiger partial charge < -0.3 is 19.4 Å². The summed E-state index contributed by atoms with van der Waals surface area (Å²) in [5, 5.41) is 1.31. The number of hydrogen-bond donors (Lipinski definition) is 1. The minimum Gasteiger partial charge on any atom is -0.497 e. The summed E-state index contributed by atoms with van der Waals surface area (Å²) >= 11 is 6.53. The van der Waals surface area contributed by atoms with Gasteiger partial charge in [0.25, 0.3) is 5.91 Å². The molecule has 1 aliphatic rings. The number of amides is 1. The standard InChI is InChI=1S/C22H23ClN2O3/c1-27-16-7-4-6-15(12-16)13-25(14-17-8-5-11-28-17)22(26)21-20(23)18-9-2-3-10-19(18)24-21/h2-4,6-7,9-10,12,17,24H,5,8,11,13-14H2,1H3. The van der Waals surface area contributed by atoms with Crippen molar-refractivity contribution in [3.63, 3.8) is 0 Å². The van der Waals surface area contributed by atoms with Gasteiger partial charge in [-0.15, -0.1) is 0 Å². The van der Waals surface area contributed by atoms with Gasteiger partial charge in [0.05, 0.1) is 18.2 Å². The number of hydrogen-bond acceptors (Lipinski definition) is 3. The zero-order valence-electron chi connectivity index (χ0n) is 15.8. The number of aromatic nitrogens is 1. The second kappa shape index (κ2) is 8.25. The van der Waals surface area contributed by atoms with Crippen LogP contribution in [0.2, 0.25) is 5.02 Å². The summed E-state index contributed by atoms with van der Waals surface area (Å²) in [5.41, 5.74) is 2.27. The van der Waals surface area contributed by atoms with E-state index in [0.717, 1.165) is 41.7 Å². The summed E-state index contributed by atoms with van der Waals surface area (Å²) in [6.07, 6.45) is 2.04. The van der Waals surface area contributed by atoms with E-state index in [9.17, 15) is 4.79 Å². The normalized spacial score (nSPS) is 16.4. The highest BCUT2D eigenvalue weighted by atomic mass is 35.5. The number of para-hydroxylation sites is 1. The highest BCUT2D eigenvalue weighted by Crippen LogP contribution is 2.29. The Morgan fingerprint density at radius 1 is 1.29 bits per heavy atom. The third-order valence-corrected chi connectivity index (χ3v) is 5.49. The molecule has 6 heteroatoms. The summed E-state index contributed by atoms with van der Waals surface area (Å²) in [4.78, 5) is 18.4.